The molecule has 0 radical (unpaired) electrons. The Balaban J connectivity index is 1.84. The Bertz CT molecular complexity index is 680. The molecule has 96 valence electrons. The maximum absolute atomic E-state index is 9.20. The minimum Gasteiger partial charge on any atom is -0.331 e. The largest absolute Gasteiger partial charge is 0.331 e. The number of hydrogen-bond acceptors (Lipinski definition) is 2. The van der Waals surface area contributed by atoms with E-state index in [0.29, 0.717) is 11.5 Å². The third-order valence-corrected chi connectivity index (χ3v) is 5.02. The van der Waals surface area contributed by atoms with E-state index in [1.165, 1.54) is 31.5 Å². The second-order valence-electron chi connectivity index (χ2n) is 5.95. The molecular weight excluding hydrogens is 234 g/mol. The molecule has 2 fully saturated rings. The first-order valence-corrected chi connectivity index (χ1v) is 7.16. The van der Waals surface area contributed by atoms with Gasteiger partial charge in [0.2, 0.25) is 0 Å². The highest BCUT2D eigenvalue weighted by Crippen LogP contribution is 2.61. The maximum atomic E-state index is 9.20. The fraction of sp³-hybridized carbons (Fsp3) is 0.500. The number of nitrogens with zero attached hydrogens (tertiary/aromatic N) is 3. The molecule has 4 rings (SSSR count). The van der Waals surface area contributed by atoms with Crippen molar-refractivity contribution in [3.8, 4) is 6.07 Å². The number of para-hydroxylation sites is 1. The van der Waals surface area contributed by atoms with Crippen LogP contribution in [-0.4, -0.2) is 9.55 Å². The minimum atomic E-state index is 0.645. The molecule has 0 N–H and O–H groups in total. The molecule has 2 aliphatic rings. The summed E-state index contributed by atoms with van der Waals surface area (Å²) in [5, 5.41) is 9.20. The number of rotatable bonds is 1. The van der Waals surface area contributed by atoms with Crippen molar-refractivity contribution >= 4 is 11.0 Å². The van der Waals surface area contributed by atoms with Gasteiger partial charge in [0.15, 0.2) is 0 Å². The van der Waals surface area contributed by atoms with Crippen molar-refractivity contribution in [2.24, 2.45) is 18.9 Å². The van der Waals surface area contributed by atoms with E-state index in [2.05, 4.69) is 23.8 Å². The van der Waals surface area contributed by atoms with Gasteiger partial charge >= 0.3 is 0 Å². The van der Waals surface area contributed by atoms with Crippen LogP contribution < -0.4 is 0 Å². The highest BCUT2D eigenvalue weighted by Gasteiger charge is 2.53. The topological polar surface area (TPSA) is 41.6 Å². The van der Waals surface area contributed by atoms with Gasteiger partial charge in [0.1, 0.15) is 17.4 Å². The van der Waals surface area contributed by atoms with Gasteiger partial charge in [0.25, 0.3) is 0 Å². The van der Waals surface area contributed by atoms with Crippen LogP contribution in [0.15, 0.2) is 18.2 Å². The SMILES string of the molecule is Cn1c(C2C3CCCCC32)nc2c(C#N)cccc21. The quantitative estimate of drug-likeness (QED) is 0.780. The summed E-state index contributed by atoms with van der Waals surface area (Å²) in [4.78, 5) is 4.81. The van der Waals surface area contributed by atoms with Crippen LogP contribution in [0.25, 0.3) is 11.0 Å². The lowest BCUT2D eigenvalue weighted by Crippen LogP contribution is -1.97. The van der Waals surface area contributed by atoms with Crippen molar-refractivity contribution in [2.75, 3.05) is 0 Å². The zero-order valence-corrected chi connectivity index (χ0v) is 11.1. The van der Waals surface area contributed by atoms with Gasteiger partial charge in [-0.1, -0.05) is 18.9 Å². The Labute approximate surface area is 112 Å². The molecule has 0 amide bonds. The number of aromatic nitrogens is 2. The number of aryl methyl sites for hydroxylation is 1. The first-order chi connectivity index (χ1) is 9.31. The van der Waals surface area contributed by atoms with E-state index in [1.54, 1.807) is 0 Å². The van der Waals surface area contributed by atoms with E-state index < -0.39 is 0 Å². The number of nitriles is 1. The van der Waals surface area contributed by atoms with Crippen LogP contribution in [-0.2, 0) is 7.05 Å². The van der Waals surface area contributed by atoms with Gasteiger partial charge < -0.3 is 4.57 Å². The Morgan fingerprint density at radius 1 is 1.26 bits per heavy atom. The number of imidazole rings is 1. The first-order valence-electron chi connectivity index (χ1n) is 7.16. The average molecular weight is 251 g/mol. The van der Waals surface area contributed by atoms with Crippen LogP contribution in [0, 0.1) is 23.2 Å². The van der Waals surface area contributed by atoms with Gasteiger partial charge in [-0.2, -0.15) is 5.26 Å². The minimum absolute atomic E-state index is 0.645. The molecule has 1 aromatic carbocycles. The van der Waals surface area contributed by atoms with Crippen molar-refractivity contribution in [1.29, 1.82) is 5.26 Å². The Hall–Kier alpha value is -1.82. The smallest absolute Gasteiger partial charge is 0.113 e. The Morgan fingerprint density at radius 3 is 2.68 bits per heavy atom. The van der Waals surface area contributed by atoms with Crippen LogP contribution in [0.2, 0.25) is 0 Å². The van der Waals surface area contributed by atoms with Crippen molar-refractivity contribution in [1.82, 2.24) is 9.55 Å². The monoisotopic (exact) mass is 251 g/mol. The Kier molecular flexibility index (Phi) is 2.23. The molecule has 3 nitrogen and oxygen atoms in total. The second-order valence-corrected chi connectivity index (χ2v) is 5.95. The highest BCUT2D eigenvalue weighted by molar-refractivity contribution is 5.82. The summed E-state index contributed by atoms with van der Waals surface area (Å²) in [7, 11) is 2.09. The number of hydrogen-bond donors (Lipinski definition) is 0. The van der Waals surface area contributed by atoms with E-state index in [4.69, 9.17) is 4.98 Å². The van der Waals surface area contributed by atoms with Crippen molar-refractivity contribution in [3.05, 3.63) is 29.6 Å². The average Bonchev–Trinajstić information content (AvgIpc) is 3.09. The lowest BCUT2D eigenvalue weighted by molar-refractivity contribution is 0.480. The van der Waals surface area contributed by atoms with E-state index in [-0.39, 0.29) is 0 Å². The van der Waals surface area contributed by atoms with E-state index in [0.717, 1.165) is 22.9 Å². The molecule has 19 heavy (non-hydrogen) atoms. The summed E-state index contributed by atoms with van der Waals surface area (Å²) in [5.74, 6) is 3.56. The Morgan fingerprint density at radius 2 is 2.00 bits per heavy atom. The number of fused-ring (bicyclic) bond motifs is 2. The van der Waals surface area contributed by atoms with E-state index in [1.807, 2.05) is 12.1 Å². The molecular formula is C16H17N3. The van der Waals surface area contributed by atoms with E-state index >= 15 is 0 Å². The molecule has 0 saturated heterocycles. The normalized spacial score (nSPS) is 28.9. The zero-order chi connectivity index (χ0) is 13.0. The van der Waals surface area contributed by atoms with Gasteiger partial charge in [0.05, 0.1) is 11.1 Å². The summed E-state index contributed by atoms with van der Waals surface area (Å²) in [6, 6.07) is 8.14. The fourth-order valence-electron chi connectivity index (χ4n) is 4.00. The van der Waals surface area contributed by atoms with Crippen molar-refractivity contribution < 1.29 is 0 Å². The molecule has 0 spiro atoms. The van der Waals surface area contributed by atoms with E-state index in [9.17, 15) is 5.26 Å². The maximum Gasteiger partial charge on any atom is 0.113 e. The molecule has 2 unspecified atom stereocenters. The standard InChI is InChI=1S/C16H17N3/c1-19-13-8-4-5-10(9-17)15(13)18-16(19)14-11-6-2-3-7-12(11)14/h4-5,8,11-12,14H,2-3,6-7H2,1H3. The number of benzene rings is 1. The summed E-state index contributed by atoms with van der Waals surface area (Å²) in [6.07, 6.45) is 5.49. The van der Waals surface area contributed by atoms with Crippen LogP contribution in [0.1, 0.15) is 43.0 Å². The van der Waals surface area contributed by atoms with Crippen molar-refractivity contribution in [2.45, 2.75) is 31.6 Å². The third-order valence-electron chi connectivity index (χ3n) is 5.02. The predicted octanol–water partition coefficient (Wildman–Crippen LogP) is 3.35. The van der Waals surface area contributed by atoms with Crippen molar-refractivity contribution in [3.63, 3.8) is 0 Å². The molecule has 2 aromatic rings. The van der Waals surface area contributed by atoms with Gasteiger partial charge in [-0.25, -0.2) is 4.98 Å². The first kappa shape index (κ1) is 11.0. The molecule has 1 heterocycles. The van der Waals surface area contributed by atoms with Gasteiger partial charge in [-0.15, -0.1) is 0 Å². The molecule has 1 aromatic heterocycles. The summed E-state index contributed by atoms with van der Waals surface area (Å²) in [5.41, 5.74) is 2.67. The highest BCUT2D eigenvalue weighted by atomic mass is 15.1. The molecule has 2 atom stereocenters. The summed E-state index contributed by atoms with van der Waals surface area (Å²) < 4.78 is 2.21. The molecule has 0 aliphatic heterocycles. The van der Waals surface area contributed by atoms with Crippen LogP contribution >= 0.6 is 0 Å². The summed E-state index contributed by atoms with van der Waals surface area (Å²) >= 11 is 0. The fourth-order valence-corrected chi connectivity index (χ4v) is 4.00. The predicted molar refractivity (Wildman–Crippen MR) is 73.6 cm³/mol. The van der Waals surface area contributed by atoms with Crippen LogP contribution in [0.4, 0.5) is 0 Å². The summed E-state index contributed by atoms with van der Waals surface area (Å²) in [6.45, 7) is 0. The lowest BCUT2D eigenvalue weighted by atomic mass is 10.0. The second kappa shape index (κ2) is 3.84. The van der Waals surface area contributed by atoms with Crippen LogP contribution in [0.5, 0.6) is 0 Å². The molecule has 2 saturated carbocycles. The lowest BCUT2D eigenvalue weighted by Gasteiger charge is -2.04. The zero-order valence-electron chi connectivity index (χ0n) is 11.1. The molecule has 2 aliphatic carbocycles. The molecule has 0 bridgehead atoms. The third kappa shape index (κ3) is 1.46. The van der Waals surface area contributed by atoms with Gasteiger partial charge in [-0.05, 0) is 36.8 Å². The van der Waals surface area contributed by atoms with Gasteiger partial charge in [-0.3, -0.25) is 0 Å². The molecule has 3 heteroatoms. The van der Waals surface area contributed by atoms with Gasteiger partial charge in [0, 0.05) is 13.0 Å². The van der Waals surface area contributed by atoms with Crippen LogP contribution in [0.3, 0.4) is 0 Å².